The van der Waals surface area contributed by atoms with E-state index in [0.29, 0.717) is 23.4 Å². The van der Waals surface area contributed by atoms with Crippen LogP contribution in [-0.4, -0.2) is 51.6 Å². The fourth-order valence-electron chi connectivity index (χ4n) is 3.41. The molecule has 194 valence electrons. The second-order valence-electron chi connectivity index (χ2n) is 8.80. The van der Waals surface area contributed by atoms with Gasteiger partial charge in [-0.2, -0.15) is 0 Å². The van der Waals surface area contributed by atoms with Gasteiger partial charge in [0.15, 0.2) is 21.3 Å². The van der Waals surface area contributed by atoms with Crippen LogP contribution in [0.1, 0.15) is 26.3 Å². The Morgan fingerprint density at radius 3 is 2.43 bits per heavy atom. The highest BCUT2D eigenvalue weighted by atomic mass is 32.2. The van der Waals surface area contributed by atoms with Crippen LogP contribution in [-0.2, 0) is 16.4 Å². The summed E-state index contributed by atoms with van der Waals surface area (Å²) >= 11 is 0. The van der Waals surface area contributed by atoms with Gasteiger partial charge in [-0.3, -0.25) is 0 Å². The highest BCUT2D eigenvalue weighted by Crippen LogP contribution is 2.30. The molecule has 0 spiro atoms. The van der Waals surface area contributed by atoms with Crippen molar-refractivity contribution in [1.82, 2.24) is 25.5 Å². The molecule has 2 aromatic heterocycles. The van der Waals surface area contributed by atoms with Gasteiger partial charge in [0.1, 0.15) is 5.82 Å². The lowest BCUT2D eigenvalue weighted by atomic mass is 10.1. The van der Waals surface area contributed by atoms with Crippen molar-refractivity contribution in [2.45, 2.75) is 43.5 Å². The van der Waals surface area contributed by atoms with E-state index >= 15 is 0 Å². The normalized spacial score (nSPS) is 12.7. The zero-order valence-electron chi connectivity index (χ0n) is 20.5. The molecule has 10 nitrogen and oxygen atoms in total. The van der Waals surface area contributed by atoms with Crippen molar-refractivity contribution in [2.75, 3.05) is 12.3 Å². The largest absolute Gasteiger partial charge is 0.414 e. The summed E-state index contributed by atoms with van der Waals surface area (Å²) < 4.78 is 45.2. The third kappa shape index (κ3) is 5.66. The van der Waals surface area contributed by atoms with Crippen molar-refractivity contribution in [3.8, 4) is 34.3 Å². The van der Waals surface area contributed by atoms with Crippen LogP contribution in [0.2, 0.25) is 0 Å². The molecule has 2 heterocycles. The van der Waals surface area contributed by atoms with Crippen LogP contribution in [0.5, 0.6) is 0 Å². The molecule has 0 radical (unpaired) electrons. The number of halogens is 1. The molecule has 0 fully saturated rings. The van der Waals surface area contributed by atoms with E-state index in [9.17, 15) is 12.8 Å². The fraction of sp³-hybridized carbons (Fsp3) is 0.280. The number of aliphatic hydroxyl groups is 1. The van der Waals surface area contributed by atoms with Gasteiger partial charge < -0.3 is 20.6 Å². The molecule has 4 N–H and O–H groups in total. The molecule has 0 saturated heterocycles. The van der Waals surface area contributed by atoms with Crippen LogP contribution in [0, 0.1) is 5.82 Å². The summed E-state index contributed by atoms with van der Waals surface area (Å²) in [7, 11) is -3.41. The number of nitrogens with two attached hydrogens (primary N) is 1. The van der Waals surface area contributed by atoms with E-state index in [4.69, 9.17) is 15.3 Å². The average Bonchev–Trinajstić information content (AvgIpc) is 3.37. The first-order valence-electron chi connectivity index (χ1n) is 11.5. The molecular formula is C25H27FN6O4S. The van der Waals surface area contributed by atoms with Crippen molar-refractivity contribution in [2.24, 2.45) is 0 Å². The van der Waals surface area contributed by atoms with E-state index in [1.807, 2.05) is 6.92 Å². The summed E-state index contributed by atoms with van der Waals surface area (Å²) in [5.74, 6) is -0.596. The molecule has 0 amide bonds. The minimum atomic E-state index is -3.41. The summed E-state index contributed by atoms with van der Waals surface area (Å²) in [5.41, 5.74) is 7.95. The Hall–Kier alpha value is -3.74. The Morgan fingerprint density at radius 2 is 1.78 bits per heavy atom. The Balaban J connectivity index is 1.59. The number of rotatable bonds is 9. The van der Waals surface area contributed by atoms with Gasteiger partial charge in [0.05, 0.1) is 34.2 Å². The number of sulfone groups is 1. The molecule has 0 bridgehead atoms. The van der Waals surface area contributed by atoms with Gasteiger partial charge in [-0.1, -0.05) is 18.2 Å². The van der Waals surface area contributed by atoms with Gasteiger partial charge in [0, 0.05) is 18.2 Å². The molecule has 2 aromatic carbocycles. The number of nitrogens with one attached hydrogen (secondary N) is 1. The Morgan fingerprint density at radius 1 is 1.08 bits per heavy atom. The predicted molar refractivity (Wildman–Crippen MR) is 136 cm³/mol. The number of benzene rings is 2. The number of aliphatic hydroxyl groups excluding tert-OH is 1. The van der Waals surface area contributed by atoms with Crippen LogP contribution in [0.4, 0.5) is 10.2 Å². The smallest absolute Gasteiger partial charge is 0.270 e. The topological polar surface area (TPSA) is 157 Å². The summed E-state index contributed by atoms with van der Waals surface area (Å²) in [6.45, 7) is 5.43. The second-order valence-corrected chi connectivity index (χ2v) is 11.3. The zero-order chi connectivity index (χ0) is 26.7. The predicted octanol–water partition coefficient (Wildman–Crippen LogP) is 3.23. The van der Waals surface area contributed by atoms with Crippen LogP contribution in [0.25, 0.3) is 34.3 Å². The first kappa shape index (κ1) is 26.3. The van der Waals surface area contributed by atoms with Gasteiger partial charge in [-0.15, -0.1) is 10.2 Å². The van der Waals surface area contributed by atoms with E-state index in [0.717, 1.165) is 0 Å². The summed E-state index contributed by atoms with van der Waals surface area (Å²) in [6.07, 6.45) is 1.45. The maximum atomic E-state index is 14.8. The van der Waals surface area contributed by atoms with Gasteiger partial charge in [-0.05, 0) is 50.6 Å². The lowest BCUT2D eigenvalue weighted by molar-refractivity contribution is 0.251. The number of hydrogen-bond acceptors (Lipinski definition) is 10. The number of aromatic nitrogens is 4. The molecule has 1 unspecified atom stereocenters. The van der Waals surface area contributed by atoms with Crippen LogP contribution in [0.3, 0.4) is 0 Å². The molecule has 0 saturated carbocycles. The number of hydrogen-bond donors (Lipinski definition) is 3. The summed E-state index contributed by atoms with van der Waals surface area (Å²) in [4.78, 5) is 8.84. The van der Waals surface area contributed by atoms with Crippen molar-refractivity contribution >= 4 is 15.7 Å². The average molecular weight is 527 g/mol. The molecule has 0 aliphatic rings. The van der Waals surface area contributed by atoms with E-state index in [1.54, 1.807) is 32.0 Å². The van der Waals surface area contributed by atoms with Gasteiger partial charge in [0.2, 0.25) is 0 Å². The van der Waals surface area contributed by atoms with E-state index in [2.05, 4.69) is 25.5 Å². The quantitative estimate of drug-likeness (QED) is 0.296. The maximum absolute atomic E-state index is 14.8. The second kappa shape index (κ2) is 10.7. The molecule has 37 heavy (non-hydrogen) atoms. The summed E-state index contributed by atoms with van der Waals surface area (Å²) in [6, 6.07) is 10.8. The molecule has 1 atom stereocenters. The lowest BCUT2D eigenvalue weighted by Gasteiger charge is -2.11. The SMILES string of the molecule is CC(CO)NCc1ccc(-c2nnc(-c3nc(-c4ccc(S(=O)(=O)C(C)C)cc4)cnc3N)o2)c(F)c1. The fourth-order valence-corrected chi connectivity index (χ4v) is 4.47. The van der Waals surface area contributed by atoms with Crippen LogP contribution >= 0.6 is 0 Å². The first-order chi connectivity index (χ1) is 17.6. The zero-order valence-corrected chi connectivity index (χ0v) is 21.3. The number of anilines is 1. The number of nitrogen functional groups attached to an aromatic ring is 1. The van der Waals surface area contributed by atoms with Crippen molar-refractivity contribution in [3.05, 3.63) is 60.0 Å². The highest BCUT2D eigenvalue weighted by Gasteiger charge is 2.21. The maximum Gasteiger partial charge on any atom is 0.270 e. The van der Waals surface area contributed by atoms with Gasteiger partial charge >= 0.3 is 0 Å². The molecule has 4 aromatic rings. The molecule has 4 rings (SSSR count). The Labute approximate surface area is 213 Å². The van der Waals surface area contributed by atoms with Crippen LogP contribution in [0.15, 0.2) is 58.0 Å². The Kier molecular flexibility index (Phi) is 7.62. The van der Waals surface area contributed by atoms with Crippen molar-refractivity contribution in [3.63, 3.8) is 0 Å². The Bertz CT molecular complexity index is 1510. The standard InChI is InChI=1S/C25H27FN6O4S/c1-14(2)37(34,35)18-7-5-17(6-8-18)21-12-29-23(27)22(30-21)25-32-31-24(36-25)19-9-4-16(10-20(19)26)11-28-15(3)13-33/h4-10,12,14-15,28,33H,11,13H2,1-3H3,(H2,27,29). The molecular weight excluding hydrogens is 499 g/mol. The third-order valence-electron chi connectivity index (χ3n) is 5.72. The minimum Gasteiger partial charge on any atom is -0.414 e. The van der Waals surface area contributed by atoms with E-state index in [-0.39, 0.29) is 46.4 Å². The van der Waals surface area contributed by atoms with E-state index < -0.39 is 20.9 Å². The van der Waals surface area contributed by atoms with Crippen LogP contribution < -0.4 is 11.1 Å². The summed E-state index contributed by atoms with van der Waals surface area (Å²) in [5, 5.41) is 19.6. The number of nitrogens with zero attached hydrogens (tertiary/aromatic N) is 4. The van der Waals surface area contributed by atoms with E-state index in [1.165, 1.54) is 30.5 Å². The minimum absolute atomic E-state index is 0.0239. The van der Waals surface area contributed by atoms with Gasteiger partial charge in [-0.25, -0.2) is 22.8 Å². The van der Waals surface area contributed by atoms with Crippen molar-refractivity contribution < 1.29 is 22.3 Å². The third-order valence-corrected chi connectivity index (χ3v) is 7.89. The molecule has 0 aliphatic heterocycles. The lowest BCUT2D eigenvalue weighted by Crippen LogP contribution is -2.28. The van der Waals surface area contributed by atoms with Gasteiger partial charge in [0.25, 0.3) is 11.8 Å². The van der Waals surface area contributed by atoms with Crippen molar-refractivity contribution in [1.29, 1.82) is 0 Å². The first-order valence-corrected chi connectivity index (χ1v) is 13.1. The highest BCUT2D eigenvalue weighted by molar-refractivity contribution is 7.92. The molecule has 12 heteroatoms. The monoisotopic (exact) mass is 526 g/mol. The molecule has 0 aliphatic carbocycles.